The maximum absolute atomic E-state index is 12.6. The van der Waals surface area contributed by atoms with Gasteiger partial charge in [-0.05, 0) is 52.2 Å². The average molecular weight is 421 g/mol. The number of carbonyl (C=O) groups excluding carboxylic acids is 1. The minimum atomic E-state index is -0.0240. The number of piperidine rings is 1. The summed E-state index contributed by atoms with van der Waals surface area (Å²) in [5, 5.41) is 18.1. The van der Waals surface area contributed by atoms with Gasteiger partial charge in [0.05, 0.1) is 28.4 Å². The molecule has 0 spiro atoms. The number of rotatable bonds is 6. The number of anilines is 1. The van der Waals surface area contributed by atoms with E-state index in [9.17, 15) is 4.79 Å². The van der Waals surface area contributed by atoms with E-state index in [1.807, 2.05) is 11.6 Å². The molecule has 0 aliphatic carbocycles. The smallest absolute Gasteiger partial charge is 0.224 e. The molecule has 2 aromatic heterocycles. The third-order valence-electron chi connectivity index (χ3n) is 6.18. The summed E-state index contributed by atoms with van der Waals surface area (Å²) in [5.41, 5.74) is 5.03. The van der Waals surface area contributed by atoms with Crippen LogP contribution in [0, 0.1) is 26.7 Å². The van der Waals surface area contributed by atoms with E-state index in [-0.39, 0.29) is 11.8 Å². The summed E-state index contributed by atoms with van der Waals surface area (Å²) in [7, 11) is 0. The highest BCUT2D eigenvalue weighted by atomic mass is 16.1. The van der Waals surface area contributed by atoms with Gasteiger partial charge in [0.25, 0.3) is 0 Å². The third kappa shape index (κ3) is 4.27. The fraction of sp³-hybridized carbons (Fsp3) is 0.500. The quantitative estimate of drug-likeness (QED) is 0.613. The standard InChI is InChI=1S/C24H32N6O/c1-5-6-13-25-24(31)19-8-7-14-29(15-19)23-22-21(17(3)26-27-23)18(4)30(28-22)20-11-9-16(2)10-12-20/h9-12,19H,5-8,13-15H2,1-4H3,(H,25,31)/t19-/m0/s1. The minimum Gasteiger partial charge on any atom is -0.356 e. The van der Waals surface area contributed by atoms with E-state index in [1.54, 1.807) is 0 Å². The molecule has 1 aliphatic rings. The summed E-state index contributed by atoms with van der Waals surface area (Å²) in [6.07, 6.45) is 3.97. The fourth-order valence-electron chi connectivity index (χ4n) is 4.38. The van der Waals surface area contributed by atoms with E-state index in [0.29, 0.717) is 6.54 Å². The van der Waals surface area contributed by atoms with Crippen molar-refractivity contribution in [3.05, 3.63) is 41.2 Å². The zero-order valence-corrected chi connectivity index (χ0v) is 19.0. The van der Waals surface area contributed by atoms with E-state index in [0.717, 1.165) is 72.6 Å². The van der Waals surface area contributed by atoms with Gasteiger partial charge in [0.15, 0.2) is 5.82 Å². The fourth-order valence-corrected chi connectivity index (χ4v) is 4.38. The lowest BCUT2D eigenvalue weighted by molar-refractivity contribution is -0.125. The molecular formula is C24H32N6O. The van der Waals surface area contributed by atoms with Crippen molar-refractivity contribution in [3.8, 4) is 5.69 Å². The number of nitrogens with zero attached hydrogens (tertiary/aromatic N) is 5. The number of unbranched alkanes of at least 4 members (excludes halogenated alkanes) is 1. The zero-order chi connectivity index (χ0) is 22.0. The molecule has 0 saturated carbocycles. The number of hydrogen-bond donors (Lipinski definition) is 1. The lowest BCUT2D eigenvalue weighted by Crippen LogP contribution is -2.43. The van der Waals surface area contributed by atoms with Gasteiger partial charge in [-0.25, -0.2) is 4.68 Å². The molecule has 31 heavy (non-hydrogen) atoms. The lowest BCUT2D eigenvalue weighted by Gasteiger charge is -2.32. The van der Waals surface area contributed by atoms with Crippen molar-refractivity contribution in [1.29, 1.82) is 0 Å². The molecule has 1 saturated heterocycles. The Morgan fingerprint density at radius 2 is 1.94 bits per heavy atom. The first-order chi connectivity index (χ1) is 15.0. The van der Waals surface area contributed by atoms with E-state index in [4.69, 9.17) is 5.10 Å². The summed E-state index contributed by atoms with van der Waals surface area (Å²) < 4.78 is 1.98. The van der Waals surface area contributed by atoms with Crippen LogP contribution in [0.4, 0.5) is 5.82 Å². The Morgan fingerprint density at radius 3 is 2.68 bits per heavy atom. The number of hydrogen-bond acceptors (Lipinski definition) is 5. The Balaban J connectivity index is 1.66. The van der Waals surface area contributed by atoms with Gasteiger partial charge in [0, 0.05) is 19.6 Å². The van der Waals surface area contributed by atoms with Crippen molar-refractivity contribution in [1.82, 2.24) is 25.3 Å². The summed E-state index contributed by atoms with van der Waals surface area (Å²) >= 11 is 0. The van der Waals surface area contributed by atoms with E-state index >= 15 is 0 Å². The zero-order valence-electron chi connectivity index (χ0n) is 19.0. The van der Waals surface area contributed by atoms with Crippen LogP contribution in [0.15, 0.2) is 24.3 Å². The summed E-state index contributed by atoms with van der Waals surface area (Å²) in [6, 6.07) is 8.36. The molecule has 1 aliphatic heterocycles. The molecule has 4 rings (SSSR count). The molecule has 7 heteroatoms. The van der Waals surface area contributed by atoms with Gasteiger partial charge < -0.3 is 10.2 Å². The Morgan fingerprint density at radius 1 is 1.16 bits per heavy atom. The molecule has 164 valence electrons. The molecule has 1 N–H and O–H groups in total. The number of carbonyl (C=O) groups is 1. The highest BCUT2D eigenvalue weighted by molar-refractivity contribution is 5.92. The largest absolute Gasteiger partial charge is 0.356 e. The van der Waals surface area contributed by atoms with Crippen molar-refractivity contribution >= 4 is 22.6 Å². The maximum atomic E-state index is 12.6. The van der Waals surface area contributed by atoms with Crippen LogP contribution in [0.25, 0.3) is 16.6 Å². The maximum Gasteiger partial charge on any atom is 0.224 e. The van der Waals surface area contributed by atoms with Crippen LogP contribution in [-0.4, -0.2) is 45.5 Å². The van der Waals surface area contributed by atoms with Gasteiger partial charge in [-0.2, -0.15) is 10.2 Å². The third-order valence-corrected chi connectivity index (χ3v) is 6.18. The summed E-state index contributed by atoms with van der Waals surface area (Å²) in [5.74, 6) is 0.903. The highest BCUT2D eigenvalue weighted by Crippen LogP contribution is 2.31. The van der Waals surface area contributed by atoms with E-state index in [2.05, 4.69) is 65.5 Å². The van der Waals surface area contributed by atoms with E-state index < -0.39 is 0 Å². The first kappa shape index (κ1) is 21.3. The summed E-state index contributed by atoms with van der Waals surface area (Å²) in [6.45, 7) is 10.5. The Kier molecular flexibility index (Phi) is 6.20. The molecule has 0 bridgehead atoms. The Hall–Kier alpha value is -2.96. The molecular weight excluding hydrogens is 388 g/mol. The first-order valence-corrected chi connectivity index (χ1v) is 11.3. The monoisotopic (exact) mass is 420 g/mol. The number of nitrogens with one attached hydrogen (secondary N) is 1. The van der Waals surface area contributed by atoms with Crippen LogP contribution in [0.2, 0.25) is 0 Å². The molecule has 1 amide bonds. The van der Waals surface area contributed by atoms with Crippen LogP contribution >= 0.6 is 0 Å². The van der Waals surface area contributed by atoms with Crippen molar-refractivity contribution in [2.45, 2.75) is 53.4 Å². The molecule has 0 radical (unpaired) electrons. The average Bonchev–Trinajstić information content (AvgIpc) is 3.13. The number of aromatic nitrogens is 4. The second-order valence-electron chi connectivity index (χ2n) is 8.60. The topological polar surface area (TPSA) is 75.9 Å². The molecule has 7 nitrogen and oxygen atoms in total. The lowest BCUT2D eigenvalue weighted by atomic mass is 9.97. The highest BCUT2D eigenvalue weighted by Gasteiger charge is 2.29. The second-order valence-corrected chi connectivity index (χ2v) is 8.60. The van der Waals surface area contributed by atoms with Gasteiger partial charge in [-0.15, -0.1) is 5.10 Å². The van der Waals surface area contributed by atoms with Gasteiger partial charge in [-0.1, -0.05) is 31.0 Å². The number of benzene rings is 1. The Bertz CT molecular complexity index is 1070. The Labute approximate surface area is 183 Å². The molecule has 0 unspecified atom stereocenters. The second kappa shape index (κ2) is 9.04. The molecule has 3 heterocycles. The van der Waals surface area contributed by atoms with Gasteiger partial charge >= 0.3 is 0 Å². The van der Waals surface area contributed by atoms with Crippen molar-refractivity contribution in [2.75, 3.05) is 24.5 Å². The van der Waals surface area contributed by atoms with E-state index in [1.165, 1.54) is 5.56 Å². The van der Waals surface area contributed by atoms with Crippen LogP contribution in [-0.2, 0) is 4.79 Å². The first-order valence-electron chi connectivity index (χ1n) is 11.3. The van der Waals surface area contributed by atoms with Gasteiger partial charge in [0.2, 0.25) is 5.91 Å². The predicted molar refractivity (Wildman–Crippen MR) is 124 cm³/mol. The van der Waals surface area contributed by atoms with Gasteiger partial charge in [-0.3, -0.25) is 4.79 Å². The van der Waals surface area contributed by atoms with Crippen LogP contribution in [0.1, 0.15) is 49.6 Å². The molecule has 1 aromatic carbocycles. The van der Waals surface area contributed by atoms with Crippen molar-refractivity contribution < 1.29 is 4.79 Å². The molecule has 1 atom stereocenters. The SMILES string of the molecule is CCCCNC(=O)[C@H]1CCCN(c2nnc(C)c3c(C)n(-c4ccc(C)cc4)nc23)C1. The number of aryl methyl sites for hydroxylation is 3. The normalized spacial score (nSPS) is 16.6. The number of amides is 1. The van der Waals surface area contributed by atoms with Crippen molar-refractivity contribution in [2.24, 2.45) is 5.92 Å². The minimum absolute atomic E-state index is 0.0240. The van der Waals surface area contributed by atoms with Crippen LogP contribution in [0.5, 0.6) is 0 Å². The van der Waals surface area contributed by atoms with Crippen LogP contribution in [0.3, 0.4) is 0 Å². The summed E-state index contributed by atoms with van der Waals surface area (Å²) in [4.78, 5) is 14.8. The predicted octanol–water partition coefficient (Wildman–Crippen LogP) is 3.87. The van der Waals surface area contributed by atoms with Crippen molar-refractivity contribution in [3.63, 3.8) is 0 Å². The molecule has 3 aromatic rings. The number of fused-ring (bicyclic) bond motifs is 1. The van der Waals surface area contributed by atoms with Crippen LogP contribution < -0.4 is 10.2 Å². The molecule has 1 fully saturated rings. The van der Waals surface area contributed by atoms with Gasteiger partial charge in [0.1, 0.15) is 5.52 Å².